The van der Waals surface area contributed by atoms with Gasteiger partial charge in [-0.3, -0.25) is 9.59 Å². The van der Waals surface area contributed by atoms with Crippen LogP contribution >= 0.6 is 0 Å². The Balaban J connectivity index is 1.62. The molecule has 2 atom stereocenters. The van der Waals surface area contributed by atoms with Crippen molar-refractivity contribution in [3.63, 3.8) is 0 Å². The smallest absolute Gasteiger partial charge is 0.313 e. The van der Waals surface area contributed by atoms with Gasteiger partial charge in [0.05, 0.1) is 6.61 Å². The Morgan fingerprint density at radius 3 is 2.80 bits per heavy atom. The Morgan fingerprint density at radius 2 is 2.08 bits per heavy atom. The number of ether oxygens (including phenoxy) is 1. The summed E-state index contributed by atoms with van der Waals surface area (Å²) in [5, 5.41) is 9.63. The molecule has 0 aromatic heterocycles. The molecule has 136 valence electrons. The van der Waals surface area contributed by atoms with Gasteiger partial charge >= 0.3 is 5.97 Å². The molecule has 0 bridgehead atoms. The average Bonchev–Trinajstić information content (AvgIpc) is 2.62. The highest BCUT2D eigenvalue weighted by Gasteiger charge is 2.44. The highest BCUT2D eigenvalue weighted by Crippen LogP contribution is 2.33. The molecule has 1 aromatic carbocycles. The largest absolute Gasteiger partial charge is 0.481 e. The van der Waals surface area contributed by atoms with Crippen LogP contribution in [0, 0.1) is 11.3 Å². The monoisotopic (exact) mass is 345 g/mol. The van der Waals surface area contributed by atoms with Crippen LogP contribution in [-0.2, 0) is 27.2 Å². The van der Waals surface area contributed by atoms with Gasteiger partial charge in [0.15, 0.2) is 0 Å². The molecule has 2 aliphatic rings. The number of hydrogen-bond acceptors (Lipinski definition) is 3. The SMILES string of the molecule is COCC1(C(=O)O)CCCN(C(=O)CC2CCc3ccccc3C2)C1. The van der Waals surface area contributed by atoms with Crippen LogP contribution in [0.4, 0.5) is 0 Å². The lowest BCUT2D eigenvalue weighted by Gasteiger charge is -2.40. The molecule has 1 heterocycles. The molecule has 2 unspecified atom stereocenters. The van der Waals surface area contributed by atoms with Crippen LogP contribution in [0.5, 0.6) is 0 Å². The van der Waals surface area contributed by atoms with Crippen LogP contribution in [0.2, 0.25) is 0 Å². The molecule has 1 aliphatic heterocycles. The van der Waals surface area contributed by atoms with Crippen molar-refractivity contribution in [2.45, 2.75) is 38.5 Å². The van der Waals surface area contributed by atoms with Crippen molar-refractivity contribution in [2.75, 3.05) is 26.8 Å². The van der Waals surface area contributed by atoms with E-state index in [9.17, 15) is 14.7 Å². The molecule has 0 saturated carbocycles. The minimum Gasteiger partial charge on any atom is -0.481 e. The first-order valence-corrected chi connectivity index (χ1v) is 9.11. The van der Waals surface area contributed by atoms with Gasteiger partial charge in [-0.1, -0.05) is 24.3 Å². The first-order valence-electron chi connectivity index (χ1n) is 9.11. The van der Waals surface area contributed by atoms with Crippen molar-refractivity contribution in [2.24, 2.45) is 11.3 Å². The van der Waals surface area contributed by atoms with E-state index in [1.807, 2.05) is 0 Å². The summed E-state index contributed by atoms with van der Waals surface area (Å²) in [6.07, 6.45) is 4.79. The second-order valence-corrected chi connectivity index (χ2v) is 7.52. The van der Waals surface area contributed by atoms with Gasteiger partial charge in [0, 0.05) is 26.6 Å². The number of amides is 1. The van der Waals surface area contributed by atoms with E-state index >= 15 is 0 Å². The number of piperidine rings is 1. The van der Waals surface area contributed by atoms with Crippen molar-refractivity contribution in [1.82, 2.24) is 4.90 Å². The maximum atomic E-state index is 12.8. The van der Waals surface area contributed by atoms with Gasteiger partial charge in [-0.25, -0.2) is 0 Å². The molecule has 5 nitrogen and oxygen atoms in total. The molecule has 1 aliphatic carbocycles. The fourth-order valence-electron chi connectivity index (χ4n) is 4.30. The van der Waals surface area contributed by atoms with E-state index in [1.165, 1.54) is 18.2 Å². The average molecular weight is 345 g/mol. The molecular weight excluding hydrogens is 318 g/mol. The van der Waals surface area contributed by atoms with Crippen LogP contribution in [-0.4, -0.2) is 48.7 Å². The third kappa shape index (κ3) is 3.87. The van der Waals surface area contributed by atoms with Gasteiger partial charge < -0.3 is 14.7 Å². The summed E-state index contributed by atoms with van der Waals surface area (Å²) in [4.78, 5) is 26.3. The molecule has 0 radical (unpaired) electrons. The summed E-state index contributed by atoms with van der Waals surface area (Å²) < 4.78 is 5.14. The zero-order chi connectivity index (χ0) is 17.9. The van der Waals surface area contributed by atoms with E-state index in [0.717, 1.165) is 25.7 Å². The number of aryl methyl sites for hydroxylation is 1. The minimum absolute atomic E-state index is 0.0887. The lowest BCUT2D eigenvalue weighted by atomic mass is 9.79. The quantitative estimate of drug-likeness (QED) is 0.890. The number of fused-ring (bicyclic) bond motifs is 1. The molecule has 1 amide bonds. The Bertz CT molecular complexity index is 640. The lowest BCUT2D eigenvalue weighted by Crippen LogP contribution is -2.52. The second-order valence-electron chi connectivity index (χ2n) is 7.52. The van der Waals surface area contributed by atoms with E-state index in [1.54, 1.807) is 4.90 Å². The number of benzene rings is 1. The van der Waals surface area contributed by atoms with Crippen LogP contribution in [0.15, 0.2) is 24.3 Å². The van der Waals surface area contributed by atoms with Gasteiger partial charge in [-0.05, 0) is 49.1 Å². The molecule has 3 rings (SSSR count). The summed E-state index contributed by atoms with van der Waals surface area (Å²) in [6, 6.07) is 8.45. The van der Waals surface area contributed by atoms with Crippen LogP contribution in [0.25, 0.3) is 0 Å². The third-order valence-corrected chi connectivity index (χ3v) is 5.72. The number of methoxy groups -OCH3 is 1. The predicted molar refractivity (Wildman–Crippen MR) is 94.3 cm³/mol. The van der Waals surface area contributed by atoms with Crippen LogP contribution in [0.3, 0.4) is 0 Å². The maximum absolute atomic E-state index is 12.8. The van der Waals surface area contributed by atoms with Crippen LogP contribution < -0.4 is 0 Å². The van der Waals surface area contributed by atoms with Crippen molar-refractivity contribution in [3.05, 3.63) is 35.4 Å². The highest BCUT2D eigenvalue weighted by molar-refractivity contribution is 5.80. The van der Waals surface area contributed by atoms with E-state index in [2.05, 4.69) is 24.3 Å². The molecule has 0 spiro atoms. The van der Waals surface area contributed by atoms with E-state index in [4.69, 9.17) is 4.74 Å². The van der Waals surface area contributed by atoms with Crippen molar-refractivity contribution >= 4 is 11.9 Å². The second kappa shape index (κ2) is 7.56. The molecule has 5 heteroatoms. The summed E-state index contributed by atoms with van der Waals surface area (Å²) >= 11 is 0. The molecular formula is C20H27NO4. The zero-order valence-corrected chi connectivity index (χ0v) is 14.9. The summed E-state index contributed by atoms with van der Waals surface area (Å²) in [6.45, 7) is 1.07. The van der Waals surface area contributed by atoms with Crippen molar-refractivity contribution in [1.29, 1.82) is 0 Å². The standard InChI is InChI=1S/C20H27NO4/c1-25-14-20(19(23)24)9-4-10-21(13-20)18(22)12-15-7-8-16-5-2-3-6-17(16)11-15/h2-3,5-6,15H,4,7-14H2,1H3,(H,23,24). The first kappa shape index (κ1) is 17.9. The maximum Gasteiger partial charge on any atom is 0.313 e. The number of nitrogens with zero attached hydrogens (tertiary/aromatic N) is 1. The van der Waals surface area contributed by atoms with E-state index in [-0.39, 0.29) is 19.1 Å². The summed E-state index contributed by atoms with van der Waals surface area (Å²) in [7, 11) is 1.52. The molecule has 1 aromatic rings. The summed E-state index contributed by atoms with van der Waals surface area (Å²) in [5.41, 5.74) is 1.79. The fourth-order valence-corrected chi connectivity index (χ4v) is 4.30. The molecule has 25 heavy (non-hydrogen) atoms. The van der Waals surface area contributed by atoms with Gasteiger partial charge in [0.25, 0.3) is 0 Å². The zero-order valence-electron chi connectivity index (χ0n) is 14.9. The van der Waals surface area contributed by atoms with Crippen LogP contribution in [0.1, 0.15) is 36.8 Å². The number of hydrogen-bond donors (Lipinski definition) is 1. The summed E-state index contributed by atoms with van der Waals surface area (Å²) in [5.74, 6) is -0.421. The molecule has 1 saturated heterocycles. The van der Waals surface area contributed by atoms with Gasteiger partial charge in [-0.15, -0.1) is 0 Å². The Morgan fingerprint density at radius 1 is 1.32 bits per heavy atom. The van der Waals surface area contributed by atoms with Gasteiger partial charge in [-0.2, -0.15) is 0 Å². The number of carboxylic acid groups (broad SMARTS) is 1. The number of aliphatic carboxylic acids is 1. The van der Waals surface area contributed by atoms with Crippen molar-refractivity contribution < 1.29 is 19.4 Å². The van der Waals surface area contributed by atoms with E-state index < -0.39 is 11.4 Å². The molecule has 1 N–H and O–H groups in total. The number of likely N-dealkylation sites (tertiary alicyclic amines) is 1. The first-order chi connectivity index (χ1) is 12.0. The Labute approximate surface area is 149 Å². The van der Waals surface area contributed by atoms with Crippen molar-refractivity contribution in [3.8, 4) is 0 Å². The Kier molecular flexibility index (Phi) is 5.42. The highest BCUT2D eigenvalue weighted by atomic mass is 16.5. The predicted octanol–water partition coefficient (Wildman–Crippen LogP) is 2.52. The van der Waals surface area contributed by atoms with Gasteiger partial charge in [0.1, 0.15) is 5.41 Å². The topological polar surface area (TPSA) is 66.8 Å². The number of rotatable bonds is 5. The normalized spacial score (nSPS) is 26.1. The molecule has 1 fully saturated rings. The number of carbonyl (C=O) groups is 2. The fraction of sp³-hybridized carbons (Fsp3) is 0.600. The number of carbonyl (C=O) groups excluding carboxylic acids is 1. The Hall–Kier alpha value is -1.88. The van der Waals surface area contributed by atoms with E-state index in [0.29, 0.717) is 25.3 Å². The minimum atomic E-state index is -0.957. The number of carboxylic acids is 1. The van der Waals surface area contributed by atoms with Gasteiger partial charge in [0.2, 0.25) is 5.91 Å². The third-order valence-electron chi connectivity index (χ3n) is 5.72. The lowest BCUT2D eigenvalue weighted by molar-refractivity contribution is -0.159.